The Balaban J connectivity index is 2.08. The van der Waals surface area contributed by atoms with Crippen LogP contribution in [0.3, 0.4) is 0 Å². The molecular formula is C14H16F2N2O3. The number of nitrogens with one attached hydrogen (secondary N) is 1. The maximum Gasteiger partial charge on any atom is 0.263 e. The Morgan fingerprint density at radius 1 is 1.29 bits per heavy atom. The van der Waals surface area contributed by atoms with Crippen LogP contribution in [-0.2, 0) is 4.79 Å². The Labute approximate surface area is 120 Å². The van der Waals surface area contributed by atoms with E-state index in [0.29, 0.717) is 12.8 Å². The van der Waals surface area contributed by atoms with Gasteiger partial charge in [-0.25, -0.2) is 8.78 Å². The minimum atomic E-state index is -1.37. The second-order valence-electron chi connectivity index (χ2n) is 5.15. The van der Waals surface area contributed by atoms with Crippen LogP contribution in [0.25, 0.3) is 0 Å². The normalized spacial score (nSPS) is 16.7. The van der Waals surface area contributed by atoms with E-state index in [0.717, 1.165) is 25.2 Å². The number of likely N-dealkylation sites (tertiary alicyclic amines) is 1. The van der Waals surface area contributed by atoms with E-state index in [-0.39, 0.29) is 5.92 Å². The van der Waals surface area contributed by atoms with E-state index < -0.39 is 34.8 Å². The highest BCUT2D eigenvalue weighted by molar-refractivity contribution is 6.05. The summed E-state index contributed by atoms with van der Waals surface area (Å²) in [4.78, 5) is 25.8. The first-order valence-corrected chi connectivity index (χ1v) is 6.61. The number of hydrogen-bond acceptors (Lipinski definition) is 4. The highest BCUT2D eigenvalue weighted by Crippen LogP contribution is 2.22. The SMILES string of the molecule is CN1CCC(C(=O)NC(=O)c2c(F)ccc(O)c2F)CC1. The molecule has 0 aliphatic carbocycles. The number of piperidine rings is 1. The van der Waals surface area contributed by atoms with Crippen LogP contribution < -0.4 is 5.32 Å². The molecule has 2 amide bonds. The average molecular weight is 298 g/mol. The van der Waals surface area contributed by atoms with Crippen LogP contribution in [0.5, 0.6) is 5.75 Å². The number of carbonyl (C=O) groups is 2. The lowest BCUT2D eigenvalue weighted by molar-refractivity contribution is -0.125. The van der Waals surface area contributed by atoms with E-state index in [9.17, 15) is 23.5 Å². The summed E-state index contributed by atoms with van der Waals surface area (Å²) in [5, 5.41) is 11.2. The second-order valence-corrected chi connectivity index (χ2v) is 5.15. The van der Waals surface area contributed by atoms with Gasteiger partial charge in [0.2, 0.25) is 5.91 Å². The Hall–Kier alpha value is -2.02. The minimum absolute atomic E-state index is 0.353. The van der Waals surface area contributed by atoms with Gasteiger partial charge < -0.3 is 10.0 Å². The van der Waals surface area contributed by atoms with Gasteiger partial charge in [0.25, 0.3) is 5.91 Å². The number of amides is 2. The van der Waals surface area contributed by atoms with Crippen molar-refractivity contribution in [3.05, 3.63) is 29.3 Å². The Bertz CT molecular complexity index is 570. The first-order valence-electron chi connectivity index (χ1n) is 6.61. The topological polar surface area (TPSA) is 69.6 Å². The third-order valence-corrected chi connectivity index (χ3v) is 3.62. The van der Waals surface area contributed by atoms with Gasteiger partial charge in [0, 0.05) is 5.92 Å². The van der Waals surface area contributed by atoms with Crippen LogP contribution in [-0.4, -0.2) is 42.0 Å². The average Bonchev–Trinajstić information content (AvgIpc) is 2.44. The Morgan fingerprint density at radius 3 is 2.52 bits per heavy atom. The molecule has 21 heavy (non-hydrogen) atoms. The fraction of sp³-hybridized carbons (Fsp3) is 0.429. The van der Waals surface area contributed by atoms with Crippen molar-refractivity contribution in [3.63, 3.8) is 0 Å². The summed E-state index contributed by atoms with van der Waals surface area (Å²) in [5.41, 5.74) is -0.948. The molecule has 0 bridgehead atoms. The molecule has 0 atom stereocenters. The summed E-state index contributed by atoms with van der Waals surface area (Å²) in [6.07, 6.45) is 1.17. The molecule has 0 saturated carbocycles. The lowest BCUT2D eigenvalue weighted by atomic mass is 9.96. The molecule has 1 heterocycles. The summed E-state index contributed by atoms with van der Waals surface area (Å²) in [7, 11) is 1.93. The molecule has 114 valence electrons. The molecule has 0 aromatic heterocycles. The van der Waals surface area contributed by atoms with E-state index in [1.807, 2.05) is 12.4 Å². The third kappa shape index (κ3) is 3.36. The number of rotatable bonds is 2. The first-order chi connectivity index (χ1) is 9.90. The summed E-state index contributed by atoms with van der Waals surface area (Å²) in [6.45, 7) is 1.45. The largest absolute Gasteiger partial charge is 0.505 e. The molecule has 1 aliphatic rings. The van der Waals surface area contributed by atoms with Gasteiger partial charge in [-0.3, -0.25) is 14.9 Å². The van der Waals surface area contributed by atoms with E-state index in [4.69, 9.17) is 0 Å². The lowest BCUT2D eigenvalue weighted by Crippen LogP contribution is -2.41. The Morgan fingerprint density at radius 2 is 1.90 bits per heavy atom. The number of hydrogen-bond donors (Lipinski definition) is 2. The zero-order chi connectivity index (χ0) is 15.6. The molecule has 2 rings (SSSR count). The fourth-order valence-corrected chi connectivity index (χ4v) is 2.30. The molecule has 1 fully saturated rings. The second kappa shape index (κ2) is 6.17. The monoisotopic (exact) mass is 298 g/mol. The molecule has 0 unspecified atom stereocenters. The standard InChI is InChI=1S/C14H16F2N2O3/c1-18-6-4-8(5-7-18)13(20)17-14(21)11-9(15)2-3-10(19)12(11)16/h2-3,8,19H,4-7H2,1H3,(H,17,20,21). The van der Waals surface area contributed by atoms with Crippen molar-refractivity contribution in [2.45, 2.75) is 12.8 Å². The molecule has 0 radical (unpaired) electrons. The van der Waals surface area contributed by atoms with Gasteiger partial charge in [0.05, 0.1) is 0 Å². The number of phenols is 1. The summed E-state index contributed by atoms with van der Waals surface area (Å²) in [5.74, 6) is -5.41. The number of imide groups is 1. The number of carbonyl (C=O) groups excluding carboxylic acids is 2. The van der Waals surface area contributed by atoms with Crippen molar-refractivity contribution in [1.29, 1.82) is 0 Å². The van der Waals surface area contributed by atoms with Crippen LogP contribution in [0.1, 0.15) is 23.2 Å². The van der Waals surface area contributed by atoms with E-state index in [2.05, 4.69) is 4.90 Å². The Kier molecular flexibility index (Phi) is 4.52. The number of halogens is 2. The van der Waals surface area contributed by atoms with E-state index in [1.165, 1.54) is 0 Å². The zero-order valence-corrected chi connectivity index (χ0v) is 11.5. The highest BCUT2D eigenvalue weighted by atomic mass is 19.1. The third-order valence-electron chi connectivity index (χ3n) is 3.62. The van der Waals surface area contributed by atoms with Crippen molar-refractivity contribution >= 4 is 11.8 Å². The molecule has 1 aromatic carbocycles. The van der Waals surface area contributed by atoms with Crippen LogP contribution in [0, 0.1) is 17.6 Å². The van der Waals surface area contributed by atoms with Gasteiger partial charge in [-0.2, -0.15) is 0 Å². The van der Waals surface area contributed by atoms with Gasteiger partial charge in [-0.05, 0) is 45.1 Å². The molecule has 1 aliphatic heterocycles. The number of aromatic hydroxyl groups is 1. The van der Waals surface area contributed by atoms with Gasteiger partial charge in [0.1, 0.15) is 11.4 Å². The first kappa shape index (κ1) is 15.4. The van der Waals surface area contributed by atoms with Gasteiger partial charge >= 0.3 is 0 Å². The van der Waals surface area contributed by atoms with Crippen molar-refractivity contribution in [3.8, 4) is 5.75 Å². The predicted octanol–water partition coefficient (Wildman–Crippen LogP) is 1.27. The van der Waals surface area contributed by atoms with Crippen molar-refractivity contribution in [2.24, 2.45) is 5.92 Å². The van der Waals surface area contributed by atoms with E-state index >= 15 is 0 Å². The van der Waals surface area contributed by atoms with Crippen LogP contribution >= 0.6 is 0 Å². The summed E-state index contributed by atoms with van der Waals surface area (Å²) < 4.78 is 27.1. The number of benzene rings is 1. The maximum atomic E-state index is 13.6. The molecule has 2 N–H and O–H groups in total. The zero-order valence-electron chi connectivity index (χ0n) is 11.5. The quantitative estimate of drug-likeness (QED) is 0.807. The number of nitrogens with zero attached hydrogens (tertiary/aromatic N) is 1. The molecule has 1 saturated heterocycles. The fourth-order valence-electron chi connectivity index (χ4n) is 2.30. The van der Waals surface area contributed by atoms with Crippen LogP contribution in [0.4, 0.5) is 8.78 Å². The van der Waals surface area contributed by atoms with Gasteiger partial charge in [-0.1, -0.05) is 0 Å². The highest BCUT2D eigenvalue weighted by Gasteiger charge is 2.27. The van der Waals surface area contributed by atoms with Crippen molar-refractivity contribution in [1.82, 2.24) is 10.2 Å². The van der Waals surface area contributed by atoms with E-state index in [1.54, 1.807) is 0 Å². The minimum Gasteiger partial charge on any atom is -0.505 e. The smallest absolute Gasteiger partial charge is 0.263 e. The summed E-state index contributed by atoms with van der Waals surface area (Å²) in [6, 6.07) is 1.58. The molecule has 1 aromatic rings. The van der Waals surface area contributed by atoms with Crippen molar-refractivity contribution < 1.29 is 23.5 Å². The number of phenolic OH excluding ortho intramolecular Hbond substituents is 1. The van der Waals surface area contributed by atoms with Gasteiger partial charge in [-0.15, -0.1) is 0 Å². The van der Waals surface area contributed by atoms with Gasteiger partial charge in [0.15, 0.2) is 11.6 Å². The van der Waals surface area contributed by atoms with Crippen LogP contribution in [0.15, 0.2) is 12.1 Å². The molecule has 0 spiro atoms. The van der Waals surface area contributed by atoms with Crippen molar-refractivity contribution in [2.75, 3.05) is 20.1 Å². The van der Waals surface area contributed by atoms with Crippen LogP contribution in [0.2, 0.25) is 0 Å². The summed E-state index contributed by atoms with van der Waals surface area (Å²) >= 11 is 0. The maximum absolute atomic E-state index is 13.6. The molecule has 5 nitrogen and oxygen atoms in total. The predicted molar refractivity (Wildman–Crippen MR) is 70.7 cm³/mol. The molecular weight excluding hydrogens is 282 g/mol. The lowest BCUT2D eigenvalue weighted by Gasteiger charge is -2.27. The molecule has 7 heteroatoms.